The average Bonchev–Trinajstić information content (AvgIpc) is 2.00. The van der Waals surface area contributed by atoms with E-state index in [1.54, 1.807) is 12.1 Å². The van der Waals surface area contributed by atoms with Crippen LogP contribution in [-0.4, -0.2) is 0 Å². The molecule has 0 bridgehead atoms. The van der Waals surface area contributed by atoms with Crippen molar-refractivity contribution in [2.45, 2.75) is 0 Å². The van der Waals surface area contributed by atoms with Crippen molar-refractivity contribution in [1.29, 1.82) is 0 Å². The summed E-state index contributed by atoms with van der Waals surface area (Å²) in [6.45, 7) is 6.00. The van der Waals surface area contributed by atoms with E-state index in [-0.39, 0.29) is 5.82 Å². The zero-order valence-electron chi connectivity index (χ0n) is 5.48. The number of halogens is 2. The highest BCUT2D eigenvalue weighted by Crippen LogP contribution is 2.08. The summed E-state index contributed by atoms with van der Waals surface area (Å²) in [6, 6.07) is 6.14. The molecule has 0 saturated carbocycles. The topological polar surface area (TPSA) is 0 Å². The first-order valence-corrected chi connectivity index (χ1v) is 3.49. The Labute approximate surface area is 68.5 Å². The van der Waals surface area contributed by atoms with Crippen molar-refractivity contribution < 1.29 is 4.39 Å². The van der Waals surface area contributed by atoms with Crippen LogP contribution in [0.5, 0.6) is 0 Å². The summed E-state index contributed by atoms with van der Waals surface area (Å²) in [4.78, 5) is 0. The second kappa shape index (κ2) is 5.18. The maximum atomic E-state index is 12.1. The Bertz CT molecular complexity index is 160. The second-order valence-electron chi connectivity index (χ2n) is 1.44. The smallest absolute Gasteiger partial charge is 0.123 e. The molecule has 0 aromatic heterocycles. The highest BCUT2D eigenvalue weighted by atomic mass is 79.9. The van der Waals surface area contributed by atoms with Gasteiger partial charge in [0.05, 0.1) is 0 Å². The molecule has 0 aliphatic carbocycles. The van der Waals surface area contributed by atoms with Gasteiger partial charge in [-0.05, 0) is 24.3 Å². The summed E-state index contributed by atoms with van der Waals surface area (Å²) >= 11 is 3.18. The summed E-state index contributed by atoms with van der Waals surface area (Å²) in [7, 11) is 0. The molecule has 1 aromatic rings. The van der Waals surface area contributed by atoms with Crippen LogP contribution in [-0.2, 0) is 0 Å². The summed E-state index contributed by atoms with van der Waals surface area (Å²) in [5.41, 5.74) is 0. The van der Waals surface area contributed by atoms with Crippen LogP contribution in [0, 0.1) is 5.82 Å². The minimum absolute atomic E-state index is 0.201. The summed E-state index contributed by atoms with van der Waals surface area (Å²) < 4.78 is 13.0. The fourth-order valence-electron chi connectivity index (χ4n) is 0.430. The van der Waals surface area contributed by atoms with E-state index in [1.165, 1.54) is 12.1 Å². The predicted octanol–water partition coefficient (Wildman–Crippen LogP) is 3.39. The lowest BCUT2D eigenvalue weighted by Gasteiger charge is -1.85. The van der Waals surface area contributed by atoms with E-state index in [9.17, 15) is 4.39 Å². The molecule has 0 aliphatic heterocycles. The molecular formula is C8H8BrF. The van der Waals surface area contributed by atoms with Gasteiger partial charge in [0.25, 0.3) is 0 Å². The lowest BCUT2D eigenvalue weighted by atomic mass is 10.4. The molecule has 1 aromatic carbocycles. The fraction of sp³-hybridized carbons (Fsp3) is 0. The summed E-state index contributed by atoms with van der Waals surface area (Å²) in [6.07, 6.45) is 0. The number of hydrogen-bond donors (Lipinski definition) is 0. The van der Waals surface area contributed by atoms with Crippen molar-refractivity contribution in [3.8, 4) is 0 Å². The third-order valence-electron chi connectivity index (χ3n) is 0.804. The van der Waals surface area contributed by atoms with Crippen molar-refractivity contribution in [3.63, 3.8) is 0 Å². The van der Waals surface area contributed by atoms with Crippen LogP contribution in [0.2, 0.25) is 0 Å². The van der Waals surface area contributed by atoms with E-state index in [0.717, 1.165) is 4.47 Å². The molecule has 0 spiro atoms. The lowest BCUT2D eigenvalue weighted by Crippen LogP contribution is -1.67. The normalized spacial score (nSPS) is 7.80. The molecule has 0 heterocycles. The summed E-state index contributed by atoms with van der Waals surface area (Å²) in [5.74, 6) is -0.201. The molecule has 0 N–H and O–H groups in total. The Kier molecular flexibility index (Phi) is 4.85. The first-order valence-electron chi connectivity index (χ1n) is 2.70. The monoisotopic (exact) mass is 202 g/mol. The first kappa shape index (κ1) is 9.37. The van der Waals surface area contributed by atoms with Gasteiger partial charge in [-0.15, -0.1) is 13.2 Å². The van der Waals surface area contributed by atoms with Gasteiger partial charge in [0.15, 0.2) is 0 Å². The Hall–Kier alpha value is -0.630. The van der Waals surface area contributed by atoms with Crippen LogP contribution < -0.4 is 0 Å². The molecule has 0 aliphatic rings. The molecular weight excluding hydrogens is 195 g/mol. The zero-order valence-corrected chi connectivity index (χ0v) is 7.07. The maximum absolute atomic E-state index is 12.1. The molecule has 0 unspecified atom stereocenters. The standard InChI is InChI=1S/C6H4BrF.C2H4/c7-5-1-3-6(8)4-2-5;1-2/h1-4H;1-2H2. The molecule has 0 amide bonds. The predicted molar refractivity (Wildman–Crippen MR) is 45.4 cm³/mol. The van der Waals surface area contributed by atoms with Gasteiger partial charge in [0.2, 0.25) is 0 Å². The van der Waals surface area contributed by atoms with Gasteiger partial charge in [-0.25, -0.2) is 4.39 Å². The van der Waals surface area contributed by atoms with Crippen LogP contribution in [0.3, 0.4) is 0 Å². The van der Waals surface area contributed by atoms with Gasteiger partial charge < -0.3 is 0 Å². The third kappa shape index (κ3) is 3.41. The quantitative estimate of drug-likeness (QED) is 0.567. The van der Waals surface area contributed by atoms with E-state index in [0.29, 0.717) is 0 Å². The van der Waals surface area contributed by atoms with Crippen molar-refractivity contribution in [1.82, 2.24) is 0 Å². The first-order chi connectivity index (χ1) is 4.79. The van der Waals surface area contributed by atoms with Gasteiger partial charge in [-0.2, -0.15) is 0 Å². The lowest BCUT2D eigenvalue weighted by molar-refractivity contribution is 0.627. The highest BCUT2D eigenvalue weighted by molar-refractivity contribution is 9.10. The van der Waals surface area contributed by atoms with E-state index in [4.69, 9.17) is 0 Å². The molecule has 0 radical (unpaired) electrons. The SMILES string of the molecule is C=C.Fc1ccc(Br)cc1. The van der Waals surface area contributed by atoms with Crippen molar-refractivity contribution in [2.75, 3.05) is 0 Å². The molecule has 0 fully saturated rings. The average molecular weight is 203 g/mol. The molecule has 0 saturated heterocycles. The van der Waals surface area contributed by atoms with E-state index in [1.807, 2.05) is 0 Å². The van der Waals surface area contributed by atoms with Crippen LogP contribution in [0.15, 0.2) is 41.9 Å². The minimum atomic E-state index is -0.201. The largest absolute Gasteiger partial charge is 0.207 e. The van der Waals surface area contributed by atoms with E-state index < -0.39 is 0 Å². The van der Waals surface area contributed by atoms with E-state index in [2.05, 4.69) is 29.1 Å². The molecule has 0 nitrogen and oxygen atoms in total. The molecule has 2 heteroatoms. The number of benzene rings is 1. The maximum Gasteiger partial charge on any atom is 0.123 e. The Morgan fingerprint density at radius 3 is 1.80 bits per heavy atom. The van der Waals surface area contributed by atoms with Gasteiger partial charge in [-0.1, -0.05) is 15.9 Å². The number of hydrogen-bond acceptors (Lipinski definition) is 0. The van der Waals surface area contributed by atoms with Crippen molar-refractivity contribution in [3.05, 3.63) is 47.7 Å². The van der Waals surface area contributed by atoms with Gasteiger partial charge in [-0.3, -0.25) is 0 Å². The minimum Gasteiger partial charge on any atom is -0.207 e. The zero-order chi connectivity index (χ0) is 7.98. The molecule has 0 atom stereocenters. The Morgan fingerprint density at radius 1 is 1.10 bits per heavy atom. The van der Waals surface area contributed by atoms with Crippen LogP contribution in [0.4, 0.5) is 4.39 Å². The highest BCUT2D eigenvalue weighted by Gasteiger charge is 1.84. The molecule has 54 valence electrons. The van der Waals surface area contributed by atoms with Gasteiger partial charge in [0, 0.05) is 4.47 Å². The van der Waals surface area contributed by atoms with Gasteiger partial charge in [0.1, 0.15) is 5.82 Å². The second-order valence-corrected chi connectivity index (χ2v) is 2.35. The van der Waals surface area contributed by atoms with Crippen LogP contribution in [0.25, 0.3) is 0 Å². The Morgan fingerprint density at radius 2 is 1.50 bits per heavy atom. The van der Waals surface area contributed by atoms with Crippen LogP contribution in [0.1, 0.15) is 0 Å². The number of rotatable bonds is 0. The molecule has 1 rings (SSSR count). The van der Waals surface area contributed by atoms with Gasteiger partial charge >= 0.3 is 0 Å². The van der Waals surface area contributed by atoms with E-state index >= 15 is 0 Å². The van der Waals surface area contributed by atoms with Crippen LogP contribution >= 0.6 is 15.9 Å². The van der Waals surface area contributed by atoms with Crippen molar-refractivity contribution in [2.24, 2.45) is 0 Å². The van der Waals surface area contributed by atoms with Crippen molar-refractivity contribution >= 4 is 15.9 Å². The Balaban J connectivity index is 0.000000371. The summed E-state index contributed by atoms with van der Waals surface area (Å²) in [5, 5.41) is 0. The third-order valence-corrected chi connectivity index (χ3v) is 1.33. The molecule has 10 heavy (non-hydrogen) atoms. The fourth-order valence-corrected chi connectivity index (χ4v) is 0.694.